The number of thiazole rings is 1. The molecule has 1 unspecified atom stereocenters. The molecule has 2 N–H and O–H groups in total. The number of nitrogens with zero attached hydrogens (tertiary/aromatic N) is 2. The van der Waals surface area contributed by atoms with E-state index < -0.39 is 0 Å². The van der Waals surface area contributed by atoms with Gasteiger partial charge in [0.25, 0.3) is 5.91 Å². The normalized spacial score (nSPS) is 16.9. The minimum Gasteiger partial charge on any atom is -0.336 e. The van der Waals surface area contributed by atoms with Gasteiger partial charge in [-0.2, -0.15) is 0 Å². The molecule has 5 heteroatoms. The van der Waals surface area contributed by atoms with Gasteiger partial charge in [0.1, 0.15) is 4.88 Å². The number of hydrogen-bond donors (Lipinski definition) is 1. The molecule has 4 nitrogen and oxygen atoms in total. The molecular formula is C12H19N3OS. The van der Waals surface area contributed by atoms with Crippen LogP contribution in [0.4, 0.5) is 0 Å². The van der Waals surface area contributed by atoms with Crippen LogP contribution in [0.25, 0.3) is 0 Å². The quantitative estimate of drug-likeness (QED) is 0.886. The van der Waals surface area contributed by atoms with Gasteiger partial charge in [0.2, 0.25) is 0 Å². The number of nitrogens with two attached hydrogens (primary N) is 1. The Morgan fingerprint density at radius 1 is 1.59 bits per heavy atom. The summed E-state index contributed by atoms with van der Waals surface area (Å²) in [6.07, 6.45) is 2.39. The van der Waals surface area contributed by atoms with E-state index in [1.807, 2.05) is 20.9 Å². The molecule has 94 valence electrons. The molecule has 0 bridgehead atoms. The lowest BCUT2D eigenvalue weighted by Gasteiger charge is -2.26. The molecular weight excluding hydrogens is 234 g/mol. The smallest absolute Gasteiger partial charge is 0.265 e. The van der Waals surface area contributed by atoms with Crippen LogP contribution in [-0.4, -0.2) is 35.4 Å². The molecule has 1 aliphatic rings. The molecule has 1 saturated carbocycles. The van der Waals surface area contributed by atoms with E-state index in [0.29, 0.717) is 12.5 Å². The summed E-state index contributed by atoms with van der Waals surface area (Å²) in [6.45, 7) is 4.36. The van der Waals surface area contributed by atoms with Crippen molar-refractivity contribution in [1.29, 1.82) is 0 Å². The molecule has 0 radical (unpaired) electrons. The van der Waals surface area contributed by atoms with E-state index in [1.54, 1.807) is 4.90 Å². The van der Waals surface area contributed by atoms with Crippen molar-refractivity contribution >= 4 is 17.2 Å². The SMILES string of the molecule is Cc1nc(C)c(C(=O)N(C)C(CN)C2CC2)s1. The summed E-state index contributed by atoms with van der Waals surface area (Å²) in [6, 6.07) is 0.185. The van der Waals surface area contributed by atoms with Crippen LogP contribution in [0.15, 0.2) is 0 Å². The van der Waals surface area contributed by atoms with Crippen molar-refractivity contribution in [3.63, 3.8) is 0 Å². The van der Waals surface area contributed by atoms with E-state index in [0.717, 1.165) is 15.6 Å². The molecule has 0 aliphatic heterocycles. The van der Waals surface area contributed by atoms with Gasteiger partial charge in [0.05, 0.1) is 10.7 Å². The largest absolute Gasteiger partial charge is 0.336 e. The molecule has 0 spiro atoms. The van der Waals surface area contributed by atoms with Crippen molar-refractivity contribution in [1.82, 2.24) is 9.88 Å². The Balaban J connectivity index is 2.15. The highest BCUT2D eigenvalue weighted by Gasteiger charge is 2.35. The van der Waals surface area contributed by atoms with Crippen molar-refractivity contribution in [2.75, 3.05) is 13.6 Å². The Morgan fingerprint density at radius 3 is 2.65 bits per heavy atom. The van der Waals surface area contributed by atoms with E-state index >= 15 is 0 Å². The van der Waals surface area contributed by atoms with Crippen molar-refractivity contribution < 1.29 is 4.79 Å². The lowest BCUT2D eigenvalue weighted by atomic mass is 10.1. The zero-order valence-corrected chi connectivity index (χ0v) is 11.4. The van der Waals surface area contributed by atoms with Crippen LogP contribution in [0.2, 0.25) is 0 Å². The average molecular weight is 253 g/mol. The number of carbonyl (C=O) groups is 1. The van der Waals surface area contributed by atoms with Crippen molar-refractivity contribution in [2.45, 2.75) is 32.7 Å². The van der Waals surface area contributed by atoms with Crippen LogP contribution in [0.3, 0.4) is 0 Å². The second-order valence-electron chi connectivity index (χ2n) is 4.70. The number of rotatable bonds is 4. The van der Waals surface area contributed by atoms with Gasteiger partial charge in [-0.3, -0.25) is 4.79 Å². The number of hydrogen-bond acceptors (Lipinski definition) is 4. The minimum absolute atomic E-state index is 0.0652. The highest BCUT2D eigenvalue weighted by molar-refractivity contribution is 7.13. The molecule has 0 aromatic carbocycles. The number of carbonyl (C=O) groups excluding carboxylic acids is 1. The number of aryl methyl sites for hydroxylation is 2. The molecule has 1 aromatic heterocycles. The third-order valence-electron chi connectivity index (χ3n) is 3.32. The van der Waals surface area contributed by atoms with Gasteiger partial charge in [0.15, 0.2) is 0 Å². The third-order valence-corrected chi connectivity index (χ3v) is 4.38. The lowest BCUT2D eigenvalue weighted by Crippen LogP contribution is -2.43. The maximum absolute atomic E-state index is 12.4. The molecule has 1 aliphatic carbocycles. The number of amides is 1. The standard InChI is InChI=1S/C12H19N3OS/c1-7-11(17-8(2)14-7)12(16)15(3)10(6-13)9-4-5-9/h9-10H,4-6,13H2,1-3H3. The fourth-order valence-corrected chi connectivity index (χ4v) is 3.09. The van der Waals surface area contributed by atoms with Crippen LogP contribution in [0.1, 0.15) is 33.2 Å². The van der Waals surface area contributed by atoms with E-state index in [9.17, 15) is 4.79 Å². The fraction of sp³-hybridized carbons (Fsp3) is 0.667. The first-order valence-electron chi connectivity index (χ1n) is 5.95. The van der Waals surface area contributed by atoms with Gasteiger partial charge in [-0.1, -0.05) is 0 Å². The Hall–Kier alpha value is -0.940. The van der Waals surface area contributed by atoms with Crippen molar-refractivity contribution in [3.05, 3.63) is 15.6 Å². The Bertz CT molecular complexity index is 425. The van der Waals surface area contributed by atoms with Gasteiger partial charge in [-0.15, -0.1) is 11.3 Å². The summed E-state index contributed by atoms with van der Waals surface area (Å²) in [5.74, 6) is 0.665. The highest BCUT2D eigenvalue weighted by atomic mass is 32.1. The summed E-state index contributed by atoms with van der Waals surface area (Å²) < 4.78 is 0. The van der Waals surface area contributed by atoms with Crippen LogP contribution < -0.4 is 5.73 Å². The molecule has 17 heavy (non-hydrogen) atoms. The first-order chi connectivity index (χ1) is 8.04. The Morgan fingerprint density at radius 2 is 2.24 bits per heavy atom. The van der Waals surface area contributed by atoms with E-state index in [4.69, 9.17) is 5.73 Å². The van der Waals surface area contributed by atoms with E-state index in [1.165, 1.54) is 24.2 Å². The van der Waals surface area contributed by atoms with Gasteiger partial charge < -0.3 is 10.6 Å². The van der Waals surface area contributed by atoms with Crippen molar-refractivity contribution in [3.8, 4) is 0 Å². The van der Waals surface area contributed by atoms with Gasteiger partial charge in [-0.05, 0) is 32.6 Å². The molecule has 1 atom stereocenters. The molecule has 1 heterocycles. The third kappa shape index (κ3) is 2.50. The van der Waals surface area contributed by atoms with Crippen LogP contribution >= 0.6 is 11.3 Å². The summed E-state index contributed by atoms with van der Waals surface area (Å²) >= 11 is 1.47. The average Bonchev–Trinajstić information content (AvgIpc) is 3.04. The zero-order valence-electron chi connectivity index (χ0n) is 10.6. The van der Waals surface area contributed by atoms with E-state index in [2.05, 4.69) is 4.98 Å². The molecule has 0 saturated heterocycles. The maximum atomic E-state index is 12.4. The Labute approximate surface area is 106 Å². The number of aromatic nitrogens is 1. The van der Waals surface area contributed by atoms with Gasteiger partial charge in [-0.25, -0.2) is 4.98 Å². The van der Waals surface area contributed by atoms with Crippen LogP contribution in [-0.2, 0) is 0 Å². The van der Waals surface area contributed by atoms with Gasteiger partial charge >= 0.3 is 0 Å². The minimum atomic E-state index is 0.0652. The first-order valence-corrected chi connectivity index (χ1v) is 6.77. The lowest BCUT2D eigenvalue weighted by molar-refractivity contribution is 0.0722. The number of likely N-dealkylation sites (N-methyl/N-ethyl adjacent to an activating group) is 1. The molecule has 1 amide bonds. The van der Waals surface area contributed by atoms with Gasteiger partial charge in [0, 0.05) is 19.6 Å². The topological polar surface area (TPSA) is 59.2 Å². The highest BCUT2D eigenvalue weighted by Crippen LogP contribution is 2.35. The molecule has 1 aromatic rings. The summed E-state index contributed by atoms with van der Waals surface area (Å²) in [7, 11) is 1.85. The van der Waals surface area contributed by atoms with Crippen LogP contribution in [0.5, 0.6) is 0 Å². The first kappa shape index (κ1) is 12.5. The summed E-state index contributed by atoms with van der Waals surface area (Å²) in [5.41, 5.74) is 6.60. The monoisotopic (exact) mass is 253 g/mol. The predicted octanol–water partition coefficient (Wildman–Crippen LogP) is 1.57. The molecule has 2 rings (SSSR count). The molecule has 1 fully saturated rings. The summed E-state index contributed by atoms with van der Waals surface area (Å²) in [5, 5.41) is 0.940. The predicted molar refractivity (Wildman–Crippen MR) is 69.2 cm³/mol. The van der Waals surface area contributed by atoms with E-state index in [-0.39, 0.29) is 11.9 Å². The van der Waals surface area contributed by atoms with Crippen molar-refractivity contribution in [2.24, 2.45) is 11.7 Å². The summed E-state index contributed by atoms with van der Waals surface area (Å²) in [4.78, 5) is 19.2. The van der Waals surface area contributed by atoms with Crippen LogP contribution in [0, 0.1) is 19.8 Å². The maximum Gasteiger partial charge on any atom is 0.265 e. The Kier molecular flexibility index (Phi) is 3.49. The second kappa shape index (κ2) is 4.74. The second-order valence-corrected chi connectivity index (χ2v) is 5.91. The zero-order chi connectivity index (χ0) is 12.6. The fourth-order valence-electron chi connectivity index (χ4n) is 2.19.